The fraction of sp³-hybridized carbons (Fsp3) is 0.250. The number of para-hydroxylation sites is 2. The van der Waals surface area contributed by atoms with E-state index in [9.17, 15) is 0 Å². The molecule has 140 valence electrons. The molecule has 0 amide bonds. The van der Waals surface area contributed by atoms with Crippen LogP contribution in [0.3, 0.4) is 0 Å². The van der Waals surface area contributed by atoms with Gasteiger partial charge < -0.3 is 14.6 Å². The van der Waals surface area contributed by atoms with Gasteiger partial charge in [0, 0.05) is 28.0 Å². The van der Waals surface area contributed by atoms with Gasteiger partial charge in [-0.2, -0.15) is 0 Å². The highest BCUT2D eigenvalue weighted by Crippen LogP contribution is 2.44. The standard InChI is InChI=1S/C24H24BNO2/c1-23(2)24(3,4)28-25(27-23)20-14-9-13-19-17-11-6-5-10-16(17)18-12-7-8-15-21(18)26-22(19)20/h5-15,26H,1-4H3. The van der Waals surface area contributed by atoms with E-state index in [1.54, 1.807) is 0 Å². The lowest BCUT2D eigenvalue weighted by Crippen LogP contribution is -2.41. The Bertz CT molecular complexity index is 1060. The summed E-state index contributed by atoms with van der Waals surface area (Å²) in [6.07, 6.45) is 0. The van der Waals surface area contributed by atoms with Gasteiger partial charge >= 0.3 is 7.12 Å². The molecule has 5 rings (SSSR count). The van der Waals surface area contributed by atoms with Crippen LogP contribution in [0.15, 0.2) is 66.7 Å². The maximum atomic E-state index is 6.37. The average Bonchev–Trinajstić information content (AvgIpc) is 2.81. The molecule has 0 unspecified atom stereocenters. The smallest absolute Gasteiger partial charge is 0.399 e. The predicted molar refractivity (Wildman–Crippen MR) is 116 cm³/mol. The maximum Gasteiger partial charge on any atom is 0.497 e. The minimum absolute atomic E-state index is 0.374. The Labute approximate surface area is 166 Å². The fourth-order valence-corrected chi connectivity index (χ4v) is 4.02. The van der Waals surface area contributed by atoms with Crippen molar-refractivity contribution >= 4 is 24.0 Å². The first-order chi connectivity index (χ1) is 13.4. The Morgan fingerprint density at radius 1 is 0.643 bits per heavy atom. The molecular weight excluding hydrogens is 345 g/mol. The van der Waals surface area contributed by atoms with Crippen molar-refractivity contribution in [3.8, 4) is 22.3 Å². The first kappa shape index (κ1) is 17.5. The molecule has 2 heterocycles. The van der Waals surface area contributed by atoms with Crippen molar-refractivity contribution in [3.05, 3.63) is 66.7 Å². The molecule has 0 radical (unpaired) electrons. The van der Waals surface area contributed by atoms with Gasteiger partial charge in [-0.1, -0.05) is 60.7 Å². The molecular formula is C24H24BNO2. The normalized spacial score (nSPS) is 18.5. The van der Waals surface area contributed by atoms with Crippen molar-refractivity contribution in [2.75, 3.05) is 5.32 Å². The number of hydrogen-bond donors (Lipinski definition) is 1. The molecule has 2 aliphatic rings. The first-order valence-electron chi connectivity index (χ1n) is 9.82. The van der Waals surface area contributed by atoms with Crippen LogP contribution in [-0.2, 0) is 9.31 Å². The second kappa shape index (κ2) is 5.97. The number of benzene rings is 3. The van der Waals surface area contributed by atoms with E-state index in [0.717, 1.165) is 16.8 Å². The summed E-state index contributed by atoms with van der Waals surface area (Å²) < 4.78 is 12.7. The lowest BCUT2D eigenvalue weighted by molar-refractivity contribution is 0.00578. The summed E-state index contributed by atoms with van der Waals surface area (Å²) >= 11 is 0. The average molecular weight is 369 g/mol. The number of anilines is 2. The van der Waals surface area contributed by atoms with Gasteiger partial charge in [0.1, 0.15) is 0 Å². The van der Waals surface area contributed by atoms with Crippen LogP contribution in [0.2, 0.25) is 0 Å². The van der Waals surface area contributed by atoms with Crippen molar-refractivity contribution in [2.24, 2.45) is 0 Å². The third-order valence-electron chi connectivity index (χ3n) is 6.30. The van der Waals surface area contributed by atoms with Gasteiger partial charge in [0.2, 0.25) is 0 Å². The van der Waals surface area contributed by atoms with Crippen LogP contribution in [-0.4, -0.2) is 18.3 Å². The summed E-state index contributed by atoms with van der Waals surface area (Å²) in [5.74, 6) is 0. The summed E-state index contributed by atoms with van der Waals surface area (Å²) in [6.45, 7) is 8.36. The first-order valence-corrected chi connectivity index (χ1v) is 9.82. The van der Waals surface area contributed by atoms with Crippen molar-refractivity contribution in [3.63, 3.8) is 0 Å². The Morgan fingerprint density at radius 2 is 1.18 bits per heavy atom. The van der Waals surface area contributed by atoms with Gasteiger partial charge in [-0.05, 0) is 44.9 Å². The molecule has 1 saturated heterocycles. The number of fused-ring (bicyclic) bond motifs is 5. The Hall–Kier alpha value is -2.56. The van der Waals surface area contributed by atoms with Crippen LogP contribution in [0, 0.1) is 0 Å². The van der Waals surface area contributed by atoms with Crippen molar-refractivity contribution in [2.45, 2.75) is 38.9 Å². The van der Waals surface area contributed by atoms with Crippen LogP contribution in [0.25, 0.3) is 22.3 Å². The van der Waals surface area contributed by atoms with Crippen molar-refractivity contribution in [1.82, 2.24) is 0 Å². The highest BCUT2D eigenvalue weighted by molar-refractivity contribution is 6.64. The zero-order valence-corrected chi connectivity index (χ0v) is 16.7. The van der Waals surface area contributed by atoms with E-state index in [0.29, 0.717) is 0 Å². The molecule has 0 spiro atoms. The molecule has 0 atom stereocenters. The van der Waals surface area contributed by atoms with Crippen LogP contribution >= 0.6 is 0 Å². The maximum absolute atomic E-state index is 6.37. The van der Waals surface area contributed by atoms with Gasteiger partial charge in [-0.3, -0.25) is 0 Å². The summed E-state index contributed by atoms with van der Waals surface area (Å²) in [7, 11) is -0.412. The summed E-state index contributed by atoms with van der Waals surface area (Å²) in [6, 6.07) is 23.4. The lowest BCUT2D eigenvalue weighted by atomic mass is 9.76. The van der Waals surface area contributed by atoms with E-state index in [2.05, 4.69) is 99.7 Å². The third-order valence-corrected chi connectivity index (χ3v) is 6.30. The highest BCUT2D eigenvalue weighted by Gasteiger charge is 2.52. The van der Waals surface area contributed by atoms with E-state index >= 15 is 0 Å². The summed E-state index contributed by atoms with van der Waals surface area (Å²) in [4.78, 5) is 0. The topological polar surface area (TPSA) is 30.5 Å². The van der Waals surface area contributed by atoms with E-state index in [1.165, 1.54) is 22.3 Å². The molecule has 4 heteroatoms. The van der Waals surface area contributed by atoms with Gasteiger partial charge in [0.15, 0.2) is 0 Å². The number of nitrogens with one attached hydrogen (secondary N) is 1. The quantitative estimate of drug-likeness (QED) is 0.457. The van der Waals surface area contributed by atoms with E-state index in [-0.39, 0.29) is 11.2 Å². The number of rotatable bonds is 1. The van der Waals surface area contributed by atoms with E-state index in [4.69, 9.17) is 9.31 Å². The molecule has 0 saturated carbocycles. The molecule has 3 nitrogen and oxygen atoms in total. The molecule has 1 fully saturated rings. The monoisotopic (exact) mass is 369 g/mol. The predicted octanol–water partition coefficient (Wildman–Crippen LogP) is 5.38. The molecule has 28 heavy (non-hydrogen) atoms. The zero-order valence-electron chi connectivity index (χ0n) is 16.7. The van der Waals surface area contributed by atoms with Crippen molar-refractivity contribution < 1.29 is 9.31 Å². The molecule has 2 aliphatic heterocycles. The highest BCUT2D eigenvalue weighted by atomic mass is 16.7. The third kappa shape index (κ3) is 2.52. The van der Waals surface area contributed by atoms with Crippen LogP contribution < -0.4 is 10.8 Å². The molecule has 0 aliphatic carbocycles. The van der Waals surface area contributed by atoms with E-state index < -0.39 is 7.12 Å². The Morgan fingerprint density at radius 3 is 1.86 bits per heavy atom. The Kier molecular flexibility index (Phi) is 3.74. The van der Waals surface area contributed by atoms with Gasteiger partial charge in [-0.25, -0.2) is 0 Å². The van der Waals surface area contributed by atoms with Gasteiger partial charge in [0.05, 0.1) is 11.2 Å². The molecule has 0 aromatic heterocycles. The summed E-state index contributed by atoms with van der Waals surface area (Å²) in [5, 5.41) is 3.69. The Balaban J connectivity index is 1.72. The summed E-state index contributed by atoms with van der Waals surface area (Å²) in [5.41, 5.74) is 7.25. The van der Waals surface area contributed by atoms with Crippen molar-refractivity contribution in [1.29, 1.82) is 0 Å². The van der Waals surface area contributed by atoms with Crippen LogP contribution in [0.1, 0.15) is 27.7 Å². The molecule has 1 N–H and O–H groups in total. The second-order valence-corrected chi connectivity index (χ2v) is 8.57. The largest absolute Gasteiger partial charge is 0.497 e. The SMILES string of the molecule is CC1(C)OB(c2cccc3c2Nc2ccccc2-c2ccccc2-3)OC1(C)C. The molecule has 3 aromatic carbocycles. The molecule has 3 aromatic rings. The lowest BCUT2D eigenvalue weighted by Gasteiger charge is -2.32. The zero-order chi connectivity index (χ0) is 19.5. The van der Waals surface area contributed by atoms with Crippen LogP contribution in [0.4, 0.5) is 11.4 Å². The van der Waals surface area contributed by atoms with Crippen LogP contribution in [0.5, 0.6) is 0 Å². The molecule has 0 bridgehead atoms. The second-order valence-electron chi connectivity index (χ2n) is 8.57. The van der Waals surface area contributed by atoms with Gasteiger partial charge in [-0.15, -0.1) is 0 Å². The number of hydrogen-bond acceptors (Lipinski definition) is 3. The van der Waals surface area contributed by atoms with E-state index in [1.807, 2.05) is 0 Å². The minimum Gasteiger partial charge on any atom is -0.399 e. The van der Waals surface area contributed by atoms with Gasteiger partial charge in [0.25, 0.3) is 0 Å². The minimum atomic E-state index is -0.412. The fourth-order valence-electron chi connectivity index (χ4n) is 4.02.